The molecule has 6 nitrogen and oxygen atoms in total. The van der Waals surface area contributed by atoms with E-state index in [-0.39, 0.29) is 18.0 Å². The summed E-state index contributed by atoms with van der Waals surface area (Å²) in [5.74, 6) is -0.182. The zero-order valence-electron chi connectivity index (χ0n) is 14.3. The van der Waals surface area contributed by atoms with Gasteiger partial charge >= 0.3 is 0 Å². The molecule has 0 radical (unpaired) electrons. The summed E-state index contributed by atoms with van der Waals surface area (Å²) in [6, 6.07) is 11.4. The number of benzene rings is 1. The van der Waals surface area contributed by atoms with Crippen LogP contribution in [0.5, 0.6) is 0 Å². The fourth-order valence-electron chi connectivity index (χ4n) is 2.85. The highest BCUT2D eigenvalue weighted by atomic mass is 32.1. The van der Waals surface area contributed by atoms with E-state index < -0.39 is 0 Å². The Morgan fingerprint density at radius 3 is 2.88 bits per heavy atom. The third kappa shape index (κ3) is 2.76. The lowest BCUT2D eigenvalue weighted by Crippen LogP contribution is -2.33. The van der Waals surface area contributed by atoms with Crippen molar-refractivity contribution in [3.8, 4) is 0 Å². The summed E-state index contributed by atoms with van der Waals surface area (Å²) in [6.45, 7) is 1.91. The number of pyridine rings is 1. The van der Waals surface area contributed by atoms with Gasteiger partial charge in [-0.25, -0.2) is 9.97 Å². The molecule has 0 aliphatic heterocycles. The molecule has 1 amide bonds. The second kappa shape index (κ2) is 6.34. The van der Waals surface area contributed by atoms with Crippen molar-refractivity contribution in [3.63, 3.8) is 0 Å². The van der Waals surface area contributed by atoms with Gasteiger partial charge in [-0.15, -0.1) is 11.3 Å². The molecule has 0 unspecified atom stereocenters. The fourth-order valence-corrected chi connectivity index (χ4v) is 3.89. The van der Waals surface area contributed by atoms with Crippen LogP contribution in [-0.2, 0) is 11.3 Å². The van der Waals surface area contributed by atoms with Crippen molar-refractivity contribution in [1.82, 2.24) is 14.5 Å². The minimum Gasteiger partial charge on any atom is -0.314 e. The number of rotatable bonds is 3. The second-order valence-electron chi connectivity index (χ2n) is 6.11. The van der Waals surface area contributed by atoms with Crippen molar-refractivity contribution in [2.75, 3.05) is 11.9 Å². The Kier molecular flexibility index (Phi) is 4.00. The van der Waals surface area contributed by atoms with Gasteiger partial charge in [0.25, 0.3) is 5.56 Å². The summed E-state index contributed by atoms with van der Waals surface area (Å²) in [5.41, 5.74) is 2.28. The molecule has 0 aliphatic rings. The van der Waals surface area contributed by atoms with Crippen LogP contribution in [0, 0.1) is 6.92 Å². The van der Waals surface area contributed by atoms with Gasteiger partial charge in [0.15, 0.2) is 0 Å². The quantitative estimate of drug-likeness (QED) is 0.560. The van der Waals surface area contributed by atoms with Gasteiger partial charge < -0.3 is 4.90 Å². The number of thiophene rings is 1. The normalized spacial score (nSPS) is 11.2. The number of aromatic nitrogens is 3. The molecule has 0 atom stereocenters. The number of fused-ring (bicyclic) bond motifs is 3. The maximum atomic E-state index is 12.8. The van der Waals surface area contributed by atoms with Crippen molar-refractivity contribution in [1.29, 1.82) is 0 Å². The highest BCUT2D eigenvalue weighted by molar-refractivity contribution is 7.25. The van der Waals surface area contributed by atoms with Crippen LogP contribution in [0.3, 0.4) is 0 Å². The van der Waals surface area contributed by atoms with Gasteiger partial charge in [-0.1, -0.05) is 12.1 Å². The Labute approximate surface area is 153 Å². The highest BCUT2D eigenvalue weighted by Crippen LogP contribution is 2.28. The van der Waals surface area contributed by atoms with Gasteiger partial charge in [0.1, 0.15) is 16.1 Å². The summed E-state index contributed by atoms with van der Waals surface area (Å²) in [4.78, 5) is 36.4. The third-order valence-electron chi connectivity index (χ3n) is 4.29. The van der Waals surface area contributed by atoms with Crippen LogP contribution in [0.2, 0.25) is 0 Å². The monoisotopic (exact) mass is 364 g/mol. The van der Waals surface area contributed by atoms with Crippen LogP contribution in [0.25, 0.3) is 20.4 Å². The number of likely N-dealkylation sites (N-methyl/N-ethyl adjacent to an activating group) is 1. The van der Waals surface area contributed by atoms with Crippen LogP contribution in [-0.4, -0.2) is 27.5 Å². The molecule has 26 heavy (non-hydrogen) atoms. The maximum Gasteiger partial charge on any atom is 0.271 e. The van der Waals surface area contributed by atoms with E-state index in [0.717, 1.165) is 21.5 Å². The summed E-state index contributed by atoms with van der Waals surface area (Å²) in [7, 11) is 1.71. The minimum absolute atomic E-state index is 0.0616. The first-order chi connectivity index (χ1) is 12.5. The largest absolute Gasteiger partial charge is 0.314 e. The van der Waals surface area contributed by atoms with E-state index in [0.29, 0.717) is 10.2 Å². The standard InChI is InChI=1S/C19H16N4O2S/c1-12-5-3-6-13(9-12)22(2)15(24)10-23-11-21-16-14-7-4-8-20-18(14)26-17(16)19(23)25/h3-9,11H,10H2,1-2H3. The molecule has 3 aromatic heterocycles. The molecular weight excluding hydrogens is 348 g/mol. The fraction of sp³-hybridized carbons (Fsp3) is 0.158. The molecular formula is C19H16N4O2S. The SMILES string of the molecule is Cc1cccc(N(C)C(=O)Cn2cnc3c(sc4ncccc43)c2=O)c1. The van der Waals surface area contributed by atoms with E-state index in [9.17, 15) is 9.59 Å². The Morgan fingerprint density at radius 2 is 2.08 bits per heavy atom. The van der Waals surface area contributed by atoms with Gasteiger partial charge in [-0.3, -0.25) is 14.2 Å². The second-order valence-corrected chi connectivity index (χ2v) is 7.10. The van der Waals surface area contributed by atoms with Gasteiger partial charge in [-0.2, -0.15) is 0 Å². The van der Waals surface area contributed by atoms with Crippen molar-refractivity contribution >= 4 is 43.4 Å². The van der Waals surface area contributed by atoms with Crippen molar-refractivity contribution in [2.24, 2.45) is 0 Å². The first-order valence-electron chi connectivity index (χ1n) is 8.10. The van der Waals surface area contributed by atoms with Crippen LogP contribution in [0.4, 0.5) is 5.69 Å². The van der Waals surface area contributed by atoms with E-state index in [1.807, 2.05) is 43.3 Å². The predicted octanol–water partition coefficient (Wildman–Crippen LogP) is 2.98. The number of amides is 1. The van der Waals surface area contributed by atoms with E-state index in [2.05, 4.69) is 9.97 Å². The average Bonchev–Trinajstić information content (AvgIpc) is 3.03. The number of hydrogen-bond donors (Lipinski definition) is 0. The minimum atomic E-state index is -0.219. The number of carbonyl (C=O) groups excluding carboxylic acids is 1. The number of hydrogen-bond acceptors (Lipinski definition) is 5. The Morgan fingerprint density at radius 1 is 1.23 bits per heavy atom. The molecule has 0 bridgehead atoms. The summed E-state index contributed by atoms with van der Waals surface area (Å²) < 4.78 is 1.87. The molecule has 4 rings (SSSR count). The molecule has 130 valence electrons. The Bertz CT molecular complexity index is 1200. The number of anilines is 1. The van der Waals surface area contributed by atoms with Gasteiger partial charge in [-0.05, 0) is 36.8 Å². The van der Waals surface area contributed by atoms with Gasteiger partial charge in [0, 0.05) is 24.3 Å². The van der Waals surface area contributed by atoms with E-state index in [1.165, 1.54) is 22.2 Å². The van der Waals surface area contributed by atoms with Crippen LogP contribution < -0.4 is 10.5 Å². The Hall–Kier alpha value is -3.06. The van der Waals surface area contributed by atoms with Gasteiger partial charge in [0.2, 0.25) is 5.91 Å². The molecule has 0 aliphatic carbocycles. The molecule has 4 aromatic rings. The first-order valence-corrected chi connectivity index (χ1v) is 8.92. The molecule has 0 saturated heterocycles. The molecule has 0 spiro atoms. The predicted molar refractivity (Wildman–Crippen MR) is 104 cm³/mol. The average molecular weight is 364 g/mol. The third-order valence-corrected chi connectivity index (χ3v) is 5.38. The van der Waals surface area contributed by atoms with E-state index in [4.69, 9.17) is 0 Å². The van der Waals surface area contributed by atoms with Crippen molar-refractivity contribution in [3.05, 3.63) is 64.8 Å². The first kappa shape index (κ1) is 16.4. The zero-order valence-corrected chi connectivity index (χ0v) is 15.2. The smallest absolute Gasteiger partial charge is 0.271 e. The molecule has 7 heteroatoms. The summed E-state index contributed by atoms with van der Waals surface area (Å²) >= 11 is 1.30. The number of carbonyl (C=O) groups is 1. The van der Waals surface area contributed by atoms with Crippen LogP contribution in [0.1, 0.15) is 5.56 Å². The number of nitrogens with zero attached hydrogens (tertiary/aromatic N) is 4. The van der Waals surface area contributed by atoms with E-state index >= 15 is 0 Å². The van der Waals surface area contributed by atoms with Crippen molar-refractivity contribution < 1.29 is 4.79 Å². The lowest BCUT2D eigenvalue weighted by atomic mass is 10.2. The summed E-state index contributed by atoms with van der Waals surface area (Å²) in [6.07, 6.45) is 3.13. The molecule has 3 heterocycles. The van der Waals surface area contributed by atoms with Crippen LogP contribution >= 0.6 is 11.3 Å². The Balaban J connectivity index is 1.69. The number of aryl methyl sites for hydroxylation is 1. The molecule has 0 N–H and O–H groups in total. The maximum absolute atomic E-state index is 12.8. The van der Waals surface area contributed by atoms with Gasteiger partial charge in [0.05, 0.1) is 11.8 Å². The zero-order chi connectivity index (χ0) is 18.3. The van der Waals surface area contributed by atoms with Crippen LogP contribution in [0.15, 0.2) is 53.7 Å². The summed E-state index contributed by atoms with van der Waals surface area (Å²) in [5, 5.41) is 0.861. The van der Waals surface area contributed by atoms with E-state index in [1.54, 1.807) is 18.1 Å². The molecule has 0 fully saturated rings. The molecule has 1 aromatic carbocycles. The molecule has 0 saturated carbocycles. The van der Waals surface area contributed by atoms with Crippen molar-refractivity contribution in [2.45, 2.75) is 13.5 Å². The topological polar surface area (TPSA) is 68.1 Å². The lowest BCUT2D eigenvalue weighted by molar-refractivity contribution is -0.118. The lowest BCUT2D eigenvalue weighted by Gasteiger charge is -2.18. The highest BCUT2D eigenvalue weighted by Gasteiger charge is 2.16.